The fraction of sp³-hybridized carbons (Fsp3) is 0.750. The number of carbonyl (C=O) groups is 1. The van der Waals surface area contributed by atoms with E-state index in [0.29, 0.717) is 5.41 Å². The lowest BCUT2D eigenvalue weighted by Crippen LogP contribution is -2.42. The first-order valence-electron chi connectivity index (χ1n) is 3.68. The first-order valence-corrected chi connectivity index (χ1v) is 3.68. The zero-order valence-electron chi connectivity index (χ0n) is 6.30. The minimum Gasteiger partial charge on any atom is -0.380 e. The number of ether oxygens (including phenoxy) is 1. The molecule has 0 bridgehead atoms. The molecule has 0 aliphatic carbocycles. The second kappa shape index (κ2) is 3.15. The van der Waals surface area contributed by atoms with Crippen molar-refractivity contribution in [2.45, 2.75) is 19.8 Å². The molecule has 0 N–H and O–H groups in total. The Hall–Kier alpha value is -0.370. The Morgan fingerprint density at radius 2 is 2.30 bits per heavy atom. The third-order valence-electron chi connectivity index (χ3n) is 2.21. The molecule has 1 fully saturated rings. The molecule has 10 heavy (non-hydrogen) atoms. The quantitative estimate of drug-likeness (QED) is 0.550. The minimum atomic E-state index is 0.306. The lowest BCUT2D eigenvalue weighted by Gasteiger charge is -2.40. The van der Waals surface area contributed by atoms with Gasteiger partial charge in [-0.1, -0.05) is 6.92 Å². The molecule has 1 aliphatic heterocycles. The fourth-order valence-electron chi connectivity index (χ4n) is 1.16. The molecule has 0 aromatic rings. The smallest absolute Gasteiger partial charge is 0.123 e. The molecule has 1 aliphatic rings. The van der Waals surface area contributed by atoms with Crippen molar-refractivity contribution >= 4 is 6.29 Å². The Kier molecular flexibility index (Phi) is 2.44. The molecule has 0 atom stereocenters. The van der Waals surface area contributed by atoms with Gasteiger partial charge in [0.1, 0.15) is 6.29 Å². The highest BCUT2D eigenvalue weighted by Crippen LogP contribution is 2.35. The summed E-state index contributed by atoms with van der Waals surface area (Å²) in [6, 6.07) is 0. The van der Waals surface area contributed by atoms with Crippen molar-refractivity contribution in [2.75, 3.05) is 13.2 Å². The third-order valence-corrected chi connectivity index (χ3v) is 2.21. The Labute approximate surface area is 61.6 Å². The molecular weight excluding hydrogens is 128 g/mol. The summed E-state index contributed by atoms with van der Waals surface area (Å²) in [4.78, 5) is 10.0. The predicted molar refractivity (Wildman–Crippen MR) is 38.5 cm³/mol. The van der Waals surface area contributed by atoms with Gasteiger partial charge in [-0.05, 0) is 12.8 Å². The molecule has 1 heterocycles. The van der Waals surface area contributed by atoms with Gasteiger partial charge in [0.05, 0.1) is 13.2 Å². The van der Waals surface area contributed by atoms with E-state index in [1.807, 2.05) is 0 Å². The molecule has 2 heteroatoms. The summed E-state index contributed by atoms with van der Waals surface area (Å²) in [5.41, 5.74) is 0.306. The van der Waals surface area contributed by atoms with Gasteiger partial charge in [-0.25, -0.2) is 0 Å². The van der Waals surface area contributed by atoms with Crippen LogP contribution in [-0.4, -0.2) is 19.5 Å². The Bertz CT molecular complexity index is 111. The zero-order valence-corrected chi connectivity index (χ0v) is 6.30. The van der Waals surface area contributed by atoms with Crippen LogP contribution in [0.15, 0.2) is 0 Å². The first kappa shape index (κ1) is 7.73. The highest BCUT2D eigenvalue weighted by Gasteiger charge is 2.35. The van der Waals surface area contributed by atoms with Gasteiger partial charge >= 0.3 is 0 Å². The molecule has 0 spiro atoms. The van der Waals surface area contributed by atoms with Gasteiger partial charge in [-0.3, -0.25) is 0 Å². The van der Waals surface area contributed by atoms with Crippen LogP contribution in [0.1, 0.15) is 19.8 Å². The molecule has 0 aromatic carbocycles. The summed E-state index contributed by atoms with van der Waals surface area (Å²) in [7, 11) is 0. The average molecular weight is 141 g/mol. The maximum atomic E-state index is 10.0. The van der Waals surface area contributed by atoms with Crippen LogP contribution >= 0.6 is 0 Å². The van der Waals surface area contributed by atoms with Crippen molar-refractivity contribution in [1.82, 2.24) is 0 Å². The van der Waals surface area contributed by atoms with E-state index in [0.717, 1.165) is 32.3 Å². The van der Waals surface area contributed by atoms with E-state index < -0.39 is 0 Å². The summed E-state index contributed by atoms with van der Waals surface area (Å²) in [6.07, 6.45) is 4.55. The average Bonchev–Trinajstić information content (AvgIpc) is 1.87. The Morgan fingerprint density at radius 1 is 1.60 bits per heavy atom. The van der Waals surface area contributed by atoms with Gasteiger partial charge in [0.25, 0.3) is 0 Å². The van der Waals surface area contributed by atoms with Crippen LogP contribution in [0, 0.1) is 11.8 Å². The largest absolute Gasteiger partial charge is 0.380 e. The standard InChI is InChI=1S/C8H13O2/c1-2-8(4-3-5-9)6-10-7-8/h3,5H,2,4,6-7H2,1H3. The Morgan fingerprint density at radius 3 is 2.60 bits per heavy atom. The van der Waals surface area contributed by atoms with Crippen LogP contribution in [0.5, 0.6) is 0 Å². The number of hydrogen-bond donors (Lipinski definition) is 0. The second-order valence-corrected chi connectivity index (χ2v) is 2.92. The van der Waals surface area contributed by atoms with Gasteiger partial charge in [0, 0.05) is 11.8 Å². The summed E-state index contributed by atoms with van der Waals surface area (Å²) >= 11 is 0. The fourth-order valence-corrected chi connectivity index (χ4v) is 1.16. The van der Waals surface area contributed by atoms with E-state index in [4.69, 9.17) is 4.74 Å². The Balaban J connectivity index is 2.26. The van der Waals surface area contributed by atoms with Crippen LogP contribution in [0.2, 0.25) is 0 Å². The van der Waals surface area contributed by atoms with Gasteiger partial charge in [0.15, 0.2) is 0 Å². The van der Waals surface area contributed by atoms with E-state index in [9.17, 15) is 4.79 Å². The van der Waals surface area contributed by atoms with E-state index in [1.165, 1.54) is 0 Å². The number of rotatable bonds is 4. The van der Waals surface area contributed by atoms with Gasteiger partial charge in [0.2, 0.25) is 0 Å². The number of hydrogen-bond acceptors (Lipinski definition) is 2. The highest BCUT2D eigenvalue weighted by atomic mass is 16.5. The van der Waals surface area contributed by atoms with Crippen LogP contribution in [-0.2, 0) is 9.53 Å². The molecule has 0 aromatic heterocycles. The zero-order chi connectivity index (χ0) is 7.45. The summed E-state index contributed by atoms with van der Waals surface area (Å²) in [6.45, 7) is 3.79. The predicted octanol–water partition coefficient (Wildman–Crippen LogP) is 1.21. The normalized spacial score (nSPS) is 21.7. The van der Waals surface area contributed by atoms with Crippen molar-refractivity contribution < 1.29 is 9.53 Å². The van der Waals surface area contributed by atoms with E-state index in [1.54, 1.807) is 6.42 Å². The van der Waals surface area contributed by atoms with Crippen molar-refractivity contribution in [3.8, 4) is 0 Å². The molecule has 0 unspecified atom stereocenters. The highest BCUT2D eigenvalue weighted by molar-refractivity contribution is 5.60. The van der Waals surface area contributed by atoms with Crippen molar-refractivity contribution in [1.29, 1.82) is 0 Å². The van der Waals surface area contributed by atoms with Gasteiger partial charge in [-0.2, -0.15) is 0 Å². The molecule has 0 amide bonds. The first-order chi connectivity index (χ1) is 4.83. The molecule has 57 valence electrons. The lowest BCUT2D eigenvalue weighted by molar-refractivity contribution is -0.119. The van der Waals surface area contributed by atoms with Crippen LogP contribution in [0.25, 0.3) is 0 Å². The molecule has 0 saturated carbocycles. The van der Waals surface area contributed by atoms with E-state index >= 15 is 0 Å². The van der Waals surface area contributed by atoms with Crippen LogP contribution in [0.3, 0.4) is 0 Å². The van der Waals surface area contributed by atoms with Gasteiger partial charge in [-0.15, -0.1) is 0 Å². The summed E-state index contributed by atoms with van der Waals surface area (Å²) in [5.74, 6) is 0. The number of carbonyl (C=O) groups excluding carboxylic acids is 1. The van der Waals surface area contributed by atoms with E-state index in [-0.39, 0.29) is 0 Å². The molecule has 2 nitrogen and oxygen atoms in total. The summed E-state index contributed by atoms with van der Waals surface area (Å²) < 4.78 is 5.09. The SMILES string of the molecule is CCC1(C[CH]C=O)COC1. The van der Waals surface area contributed by atoms with Crippen molar-refractivity contribution in [2.24, 2.45) is 5.41 Å². The lowest BCUT2D eigenvalue weighted by atomic mass is 9.79. The third kappa shape index (κ3) is 1.37. The van der Waals surface area contributed by atoms with E-state index in [2.05, 4.69) is 6.92 Å². The maximum Gasteiger partial charge on any atom is 0.123 e. The van der Waals surface area contributed by atoms with Crippen LogP contribution in [0.4, 0.5) is 0 Å². The van der Waals surface area contributed by atoms with Gasteiger partial charge < -0.3 is 9.53 Å². The topological polar surface area (TPSA) is 26.3 Å². The van der Waals surface area contributed by atoms with Crippen molar-refractivity contribution in [3.05, 3.63) is 6.42 Å². The minimum absolute atomic E-state index is 0.306. The molecule has 1 saturated heterocycles. The maximum absolute atomic E-state index is 10.0. The summed E-state index contributed by atoms with van der Waals surface area (Å²) in [5, 5.41) is 0. The monoisotopic (exact) mass is 141 g/mol. The van der Waals surface area contributed by atoms with Crippen LogP contribution < -0.4 is 0 Å². The van der Waals surface area contributed by atoms with Crippen molar-refractivity contribution in [3.63, 3.8) is 0 Å². The number of aldehydes is 1. The molecular formula is C8H13O2. The molecule has 1 radical (unpaired) electrons. The molecule has 1 rings (SSSR count). The second-order valence-electron chi connectivity index (χ2n) is 2.92.